The van der Waals surface area contributed by atoms with Gasteiger partial charge in [-0.15, -0.1) is 0 Å². The molecule has 1 atom stereocenters. The van der Waals surface area contributed by atoms with Gasteiger partial charge in [-0.3, -0.25) is 0 Å². The molecule has 2 saturated carbocycles. The maximum absolute atomic E-state index is 6.14. The third-order valence-electron chi connectivity index (χ3n) is 8.71. The van der Waals surface area contributed by atoms with E-state index in [-0.39, 0.29) is 0 Å². The lowest BCUT2D eigenvalue weighted by molar-refractivity contribution is 0.340. The summed E-state index contributed by atoms with van der Waals surface area (Å²) in [5, 5.41) is 5.33. The van der Waals surface area contributed by atoms with Crippen molar-refractivity contribution in [2.24, 2.45) is 11.7 Å². The van der Waals surface area contributed by atoms with Crippen LogP contribution in [0.25, 0.3) is 10.9 Å². The molecule has 2 aromatic carbocycles. The van der Waals surface area contributed by atoms with Crippen LogP contribution >= 0.6 is 0 Å². The van der Waals surface area contributed by atoms with Gasteiger partial charge in [0, 0.05) is 41.6 Å². The highest BCUT2D eigenvalue weighted by Gasteiger charge is 2.23. The minimum absolute atomic E-state index is 0.410. The summed E-state index contributed by atoms with van der Waals surface area (Å²) in [6.45, 7) is 4.45. The Morgan fingerprint density at radius 1 is 0.914 bits per heavy atom. The molecule has 0 saturated heterocycles. The average Bonchev–Trinajstić information content (AvgIpc) is 3.03. The molecule has 3 N–H and O–H groups in total. The number of aryl methyl sites for hydroxylation is 1. The number of benzene rings is 2. The van der Waals surface area contributed by atoms with Crippen LogP contribution in [0.3, 0.4) is 0 Å². The molecule has 3 nitrogen and oxygen atoms in total. The van der Waals surface area contributed by atoms with Gasteiger partial charge in [-0.25, -0.2) is 0 Å². The summed E-state index contributed by atoms with van der Waals surface area (Å²) in [5.41, 5.74) is 11.9. The Morgan fingerprint density at radius 3 is 2.46 bits per heavy atom. The lowest BCUT2D eigenvalue weighted by Crippen LogP contribution is -2.38. The van der Waals surface area contributed by atoms with Crippen molar-refractivity contribution in [2.45, 2.75) is 102 Å². The molecular formula is C32H45N3. The first-order chi connectivity index (χ1) is 17.2. The van der Waals surface area contributed by atoms with Gasteiger partial charge < -0.3 is 15.6 Å². The van der Waals surface area contributed by atoms with Gasteiger partial charge >= 0.3 is 0 Å². The van der Waals surface area contributed by atoms with Crippen molar-refractivity contribution < 1.29 is 0 Å². The van der Waals surface area contributed by atoms with E-state index in [1.165, 1.54) is 85.5 Å². The lowest BCUT2D eigenvalue weighted by atomic mass is 9.87. The molecule has 1 aromatic heterocycles. The molecule has 0 aliphatic heterocycles. The second kappa shape index (κ2) is 11.8. The molecule has 2 aliphatic rings. The molecule has 0 amide bonds. The highest BCUT2D eigenvalue weighted by atomic mass is 15.0. The standard InChI is InChI=1S/C32H45N3/c1-24-9-8-12-26(21-24)29(19-20-34-28-17-15-27(33)16-18-28)31-23-35(32-14-7-6-13-30(31)32)22-25-10-4-2-3-5-11-25/h6-9,12-14,21,23,25,27-29,34H,2-5,10-11,15-20,22,33H2,1H3. The largest absolute Gasteiger partial charge is 0.347 e. The van der Waals surface area contributed by atoms with Crippen molar-refractivity contribution in [3.05, 3.63) is 71.4 Å². The number of hydrogen-bond donors (Lipinski definition) is 2. The summed E-state index contributed by atoms with van der Waals surface area (Å²) in [7, 11) is 0. The second-order valence-corrected chi connectivity index (χ2v) is 11.4. The topological polar surface area (TPSA) is 43.0 Å². The third-order valence-corrected chi connectivity index (χ3v) is 8.71. The monoisotopic (exact) mass is 471 g/mol. The molecule has 5 rings (SSSR count). The summed E-state index contributed by atoms with van der Waals surface area (Å²) < 4.78 is 2.60. The zero-order valence-corrected chi connectivity index (χ0v) is 21.7. The van der Waals surface area contributed by atoms with Crippen LogP contribution in [0.5, 0.6) is 0 Å². The summed E-state index contributed by atoms with van der Waals surface area (Å²) in [6, 6.07) is 19.4. The molecule has 1 heterocycles. The number of fused-ring (bicyclic) bond motifs is 1. The Morgan fingerprint density at radius 2 is 1.69 bits per heavy atom. The Bertz CT molecular complexity index is 1070. The van der Waals surface area contributed by atoms with Gasteiger partial charge in [-0.05, 0) is 81.5 Å². The molecule has 0 radical (unpaired) electrons. The fraction of sp³-hybridized carbons (Fsp3) is 0.562. The van der Waals surface area contributed by atoms with Crippen LogP contribution in [0.2, 0.25) is 0 Å². The summed E-state index contributed by atoms with van der Waals surface area (Å²) in [6.07, 6.45) is 16.8. The van der Waals surface area contributed by atoms with Gasteiger partial charge in [0.15, 0.2) is 0 Å². The molecule has 188 valence electrons. The number of hydrogen-bond acceptors (Lipinski definition) is 2. The molecule has 35 heavy (non-hydrogen) atoms. The Balaban J connectivity index is 1.41. The molecule has 0 spiro atoms. The zero-order valence-electron chi connectivity index (χ0n) is 21.7. The van der Waals surface area contributed by atoms with E-state index in [4.69, 9.17) is 5.73 Å². The van der Waals surface area contributed by atoms with Crippen LogP contribution in [-0.4, -0.2) is 23.2 Å². The second-order valence-electron chi connectivity index (χ2n) is 11.4. The Hall–Kier alpha value is -2.10. The van der Waals surface area contributed by atoms with Gasteiger partial charge in [0.25, 0.3) is 0 Å². The minimum Gasteiger partial charge on any atom is -0.347 e. The quantitative estimate of drug-likeness (QED) is 0.338. The van der Waals surface area contributed by atoms with Crippen LogP contribution in [0.4, 0.5) is 0 Å². The van der Waals surface area contributed by atoms with Gasteiger partial charge in [0.2, 0.25) is 0 Å². The molecular weight excluding hydrogens is 426 g/mol. The van der Waals surface area contributed by atoms with E-state index < -0.39 is 0 Å². The van der Waals surface area contributed by atoms with E-state index in [0.717, 1.165) is 31.7 Å². The van der Waals surface area contributed by atoms with Crippen molar-refractivity contribution in [1.29, 1.82) is 0 Å². The Labute approximate surface area is 212 Å². The Kier molecular flexibility index (Phi) is 8.26. The van der Waals surface area contributed by atoms with Gasteiger partial charge in [-0.1, -0.05) is 73.7 Å². The number of nitrogens with two attached hydrogens (primary N) is 1. The molecule has 2 fully saturated rings. The summed E-state index contributed by atoms with van der Waals surface area (Å²) >= 11 is 0. The van der Waals surface area contributed by atoms with Crippen LogP contribution in [0.15, 0.2) is 54.7 Å². The predicted molar refractivity (Wildman–Crippen MR) is 149 cm³/mol. The van der Waals surface area contributed by atoms with Gasteiger partial charge in [-0.2, -0.15) is 0 Å². The van der Waals surface area contributed by atoms with E-state index in [1.54, 1.807) is 0 Å². The van der Waals surface area contributed by atoms with Crippen molar-refractivity contribution in [3.8, 4) is 0 Å². The minimum atomic E-state index is 0.410. The smallest absolute Gasteiger partial charge is 0.0483 e. The first-order valence-electron chi connectivity index (χ1n) is 14.3. The number of aromatic nitrogens is 1. The fourth-order valence-electron chi connectivity index (χ4n) is 6.67. The third kappa shape index (κ3) is 6.19. The van der Waals surface area contributed by atoms with E-state index in [9.17, 15) is 0 Å². The molecule has 1 unspecified atom stereocenters. The fourth-order valence-corrected chi connectivity index (χ4v) is 6.67. The molecule has 3 aromatic rings. The first-order valence-corrected chi connectivity index (χ1v) is 14.3. The maximum atomic E-state index is 6.14. The number of nitrogens with one attached hydrogen (secondary N) is 1. The summed E-state index contributed by atoms with van der Waals surface area (Å²) in [4.78, 5) is 0. The molecule has 0 bridgehead atoms. The summed E-state index contributed by atoms with van der Waals surface area (Å²) in [5.74, 6) is 1.23. The number of rotatable bonds is 8. The van der Waals surface area contributed by atoms with E-state index in [2.05, 4.69) is 71.5 Å². The van der Waals surface area contributed by atoms with Crippen LogP contribution in [-0.2, 0) is 6.54 Å². The highest BCUT2D eigenvalue weighted by Crippen LogP contribution is 2.36. The van der Waals surface area contributed by atoms with Gasteiger partial charge in [0.1, 0.15) is 0 Å². The van der Waals surface area contributed by atoms with Crippen molar-refractivity contribution in [2.75, 3.05) is 6.54 Å². The lowest BCUT2D eigenvalue weighted by Gasteiger charge is -2.28. The normalized spacial score (nSPS) is 22.8. The van der Waals surface area contributed by atoms with Crippen molar-refractivity contribution in [1.82, 2.24) is 9.88 Å². The van der Waals surface area contributed by atoms with Crippen LogP contribution in [0, 0.1) is 12.8 Å². The molecule has 3 heteroatoms. The average molecular weight is 472 g/mol. The van der Waals surface area contributed by atoms with Gasteiger partial charge in [0.05, 0.1) is 0 Å². The van der Waals surface area contributed by atoms with Crippen molar-refractivity contribution in [3.63, 3.8) is 0 Å². The number of nitrogens with zero attached hydrogens (tertiary/aromatic N) is 1. The van der Waals surface area contributed by atoms with Crippen molar-refractivity contribution >= 4 is 10.9 Å². The van der Waals surface area contributed by atoms with Crippen LogP contribution < -0.4 is 11.1 Å². The van der Waals surface area contributed by atoms with E-state index in [0.29, 0.717) is 18.0 Å². The maximum Gasteiger partial charge on any atom is 0.0483 e. The van der Waals surface area contributed by atoms with Crippen LogP contribution in [0.1, 0.15) is 93.2 Å². The highest BCUT2D eigenvalue weighted by molar-refractivity contribution is 5.85. The predicted octanol–water partition coefficient (Wildman–Crippen LogP) is 7.30. The first kappa shape index (κ1) is 24.6. The number of para-hydroxylation sites is 1. The SMILES string of the molecule is Cc1cccc(C(CCNC2CCC(N)CC2)c2cn(CC3CCCCCC3)c3ccccc23)c1. The van der Waals surface area contributed by atoms with E-state index >= 15 is 0 Å². The molecule has 2 aliphatic carbocycles. The zero-order chi connectivity index (χ0) is 24.0. The van der Waals surface area contributed by atoms with E-state index in [1.807, 2.05) is 0 Å².